The Balaban J connectivity index is 2.04. The van der Waals surface area contributed by atoms with Crippen LogP contribution < -0.4 is 10.5 Å². The summed E-state index contributed by atoms with van der Waals surface area (Å²) in [5.74, 6) is 0.344. The van der Waals surface area contributed by atoms with Gasteiger partial charge < -0.3 is 10.5 Å². The fraction of sp³-hybridized carbons (Fsp3) is 0.0714. The highest BCUT2D eigenvalue weighted by Gasteiger charge is 2.04. The molecule has 0 spiro atoms. The molecule has 2 aromatic carbocycles. The molecule has 98 valence electrons. The topological polar surface area (TPSA) is 35.2 Å². The van der Waals surface area contributed by atoms with E-state index in [4.69, 9.17) is 22.7 Å². The fourth-order valence-corrected chi connectivity index (χ4v) is 1.98. The molecule has 0 bridgehead atoms. The third-order valence-electron chi connectivity index (χ3n) is 2.55. The first kappa shape index (κ1) is 14.0. The monoisotopic (exact) mass is 339 g/mol. The molecular formula is C14H11BrFNOS. The van der Waals surface area contributed by atoms with Crippen molar-refractivity contribution in [1.82, 2.24) is 0 Å². The predicted molar refractivity (Wildman–Crippen MR) is 80.8 cm³/mol. The summed E-state index contributed by atoms with van der Waals surface area (Å²) in [4.78, 5) is 0.338. The standard InChI is InChI=1S/C14H11BrFNOS/c15-11-4-1-10(13(16)7-11)8-18-12-5-2-9(3-6-12)14(17)19/h1-7H,8H2,(H2,17,19). The Morgan fingerprint density at radius 1 is 1.21 bits per heavy atom. The summed E-state index contributed by atoms with van der Waals surface area (Å²) in [5, 5.41) is 0. The first-order chi connectivity index (χ1) is 9.06. The molecule has 0 aliphatic rings. The first-order valence-electron chi connectivity index (χ1n) is 5.53. The van der Waals surface area contributed by atoms with Gasteiger partial charge in [-0.2, -0.15) is 0 Å². The molecule has 0 fully saturated rings. The third-order valence-corrected chi connectivity index (χ3v) is 3.28. The van der Waals surface area contributed by atoms with Crippen LogP contribution in [-0.4, -0.2) is 4.99 Å². The van der Waals surface area contributed by atoms with Crippen LogP contribution in [0.1, 0.15) is 11.1 Å². The second kappa shape index (κ2) is 6.12. The minimum Gasteiger partial charge on any atom is -0.489 e. The van der Waals surface area contributed by atoms with Crippen LogP contribution in [0.3, 0.4) is 0 Å². The van der Waals surface area contributed by atoms with Gasteiger partial charge in [0.05, 0.1) is 0 Å². The van der Waals surface area contributed by atoms with Gasteiger partial charge in [-0.3, -0.25) is 0 Å². The van der Waals surface area contributed by atoms with Gasteiger partial charge >= 0.3 is 0 Å². The van der Waals surface area contributed by atoms with Crippen LogP contribution in [0.5, 0.6) is 5.75 Å². The number of rotatable bonds is 4. The van der Waals surface area contributed by atoms with Crippen molar-refractivity contribution in [3.8, 4) is 5.75 Å². The molecule has 5 heteroatoms. The molecule has 0 amide bonds. The maximum atomic E-state index is 13.6. The van der Waals surface area contributed by atoms with Gasteiger partial charge in [-0.15, -0.1) is 0 Å². The number of hydrogen-bond acceptors (Lipinski definition) is 2. The minimum atomic E-state index is -0.297. The van der Waals surface area contributed by atoms with E-state index in [9.17, 15) is 4.39 Å². The average Bonchev–Trinajstić information content (AvgIpc) is 2.38. The van der Waals surface area contributed by atoms with Crippen molar-refractivity contribution in [2.75, 3.05) is 0 Å². The van der Waals surface area contributed by atoms with Gasteiger partial charge in [-0.05, 0) is 36.4 Å². The van der Waals surface area contributed by atoms with E-state index in [-0.39, 0.29) is 12.4 Å². The number of thiocarbonyl (C=S) groups is 1. The molecule has 0 heterocycles. The lowest BCUT2D eigenvalue weighted by Gasteiger charge is -2.08. The number of hydrogen-bond donors (Lipinski definition) is 1. The molecule has 2 nitrogen and oxygen atoms in total. The van der Waals surface area contributed by atoms with Gasteiger partial charge in [0.25, 0.3) is 0 Å². The summed E-state index contributed by atoms with van der Waals surface area (Å²) < 4.78 is 19.8. The SMILES string of the molecule is NC(=S)c1ccc(OCc2ccc(Br)cc2F)cc1. The van der Waals surface area contributed by atoms with Gasteiger partial charge in [-0.1, -0.05) is 34.2 Å². The molecule has 19 heavy (non-hydrogen) atoms. The van der Waals surface area contributed by atoms with E-state index in [1.165, 1.54) is 6.07 Å². The molecule has 2 aromatic rings. The normalized spacial score (nSPS) is 10.2. The number of nitrogens with two attached hydrogens (primary N) is 1. The molecule has 0 aromatic heterocycles. The Morgan fingerprint density at radius 3 is 2.47 bits per heavy atom. The maximum absolute atomic E-state index is 13.6. The van der Waals surface area contributed by atoms with Crippen LogP contribution in [0.2, 0.25) is 0 Å². The Labute approximate surface area is 124 Å². The summed E-state index contributed by atoms with van der Waals surface area (Å²) in [7, 11) is 0. The van der Waals surface area contributed by atoms with E-state index in [0.717, 1.165) is 5.56 Å². The third kappa shape index (κ3) is 3.75. The smallest absolute Gasteiger partial charge is 0.130 e. The average molecular weight is 340 g/mol. The van der Waals surface area contributed by atoms with Gasteiger partial charge in [0, 0.05) is 15.6 Å². The summed E-state index contributed by atoms with van der Waals surface area (Å²) in [5.41, 5.74) is 6.78. The highest BCUT2D eigenvalue weighted by Crippen LogP contribution is 2.18. The number of benzene rings is 2. The van der Waals surface area contributed by atoms with Crippen LogP contribution in [-0.2, 0) is 6.61 Å². The molecule has 2 rings (SSSR count). The lowest BCUT2D eigenvalue weighted by Crippen LogP contribution is -2.08. The number of ether oxygens (including phenoxy) is 1. The maximum Gasteiger partial charge on any atom is 0.130 e. The van der Waals surface area contributed by atoms with Crippen molar-refractivity contribution < 1.29 is 9.13 Å². The van der Waals surface area contributed by atoms with Crippen molar-refractivity contribution >= 4 is 33.1 Å². The van der Waals surface area contributed by atoms with Crippen LogP contribution in [0, 0.1) is 5.82 Å². The van der Waals surface area contributed by atoms with Gasteiger partial charge in [0.1, 0.15) is 23.2 Å². The van der Waals surface area contributed by atoms with Crippen LogP contribution in [0.4, 0.5) is 4.39 Å². The summed E-state index contributed by atoms with van der Waals surface area (Å²) in [6, 6.07) is 11.9. The lowest BCUT2D eigenvalue weighted by atomic mass is 10.2. The van der Waals surface area contributed by atoms with Gasteiger partial charge in [0.2, 0.25) is 0 Å². The number of halogens is 2. The van der Waals surface area contributed by atoms with E-state index in [1.807, 2.05) is 0 Å². The highest BCUT2D eigenvalue weighted by molar-refractivity contribution is 9.10. The fourth-order valence-electron chi connectivity index (χ4n) is 1.52. The van der Waals surface area contributed by atoms with Crippen LogP contribution in [0.25, 0.3) is 0 Å². The van der Waals surface area contributed by atoms with E-state index in [0.29, 0.717) is 20.8 Å². The minimum absolute atomic E-state index is 0.172. The largest absolute Gasteiger partial charge is 0.489 e. The van der Waals surface area contributed by atoms with Crippen molar-refractivity contribution in [3.63, 3.8) is 0 Å². The quantitative estimate of drug-likeness (QED) is 0.860. The van der Waals surface area contributed by atoms with Crippen LogP contribution >= 0.6 is 28.1 Å². The molecule has 2 N–H and O–H groups in total. The molecule has 0 aliphatic carbocycles. The van der Waals surface area contributed by atoms with Crippen molar-refractivity contribution in [1.29, 1.82) is 0 Å². The zero-order valence-corrected chi connectivity index (χ0v) is 12.3. The summed E-state index contributed by atoms with van der Waals surface area (Å²) in [6.45, 7) is 0.172. The lowest BCUT2D eigenvalue weighted by molar-refractivity contribution is 0.300. The van der Waals surface area contributed by atoms with E-state index < -0.39 is 0 Å². The zero-order chi connectivity index (χ0) is 13.8. The molecule has 0 saturated carbocycles. The van der Waals surface area contributed by atoms with Crippen molar-refractivity contribution in [2.24, 2.45) is 5.73 Å². The summed E-state index contributed by atoms with van der Waals surface area (Å²) in [6.07, 6.45) is 0. The van der Waals surface area contributed by atoms with E-state index in [1.54, 1.807) is 36.4 Å². The first-order valence-corrected chi connectivity index (χ1v) is 6.73. The molecule has 0 unspecified atom stereocenters. The van der Waals surface area contributed by atoms with E-state index in [2.05, 4.69) is 15.9 Å². The van der Waals surface area contributed by atoms with Crippen molar-refractivity contribution in [2.45, 2.75) is 6.61 Å². The van der Waals surface area contributed by atoms with Crippen LogP contribution in [0.15, 0.2) is 46.9 Å². The predicted octanol–water partition coefficient (Wildman–Crippen LogP) is 3.80. The Hall–Kier alpha value is -1.46. The highest BCUT2D eigenvalue weighted by atomic mass is 79.9. The molecule has 0 radical (unpaired) electrons. The zero-order valence-electron chi connectivity index (χ0n) is 9.90. The summed E-state index contributed by atoms with van der Waals surface area (Å²) >= 11 is 8.07. The second-order valence-electron chi connectivity index (χ2n) is 3.91. The Kier molecular flexibility index (Phi) is 4.50. The van der Waals surface area contributed by atoms with Crippen molar-refractivity contribution in [3.05, 3.63) is 63.9 Å². The van der Waals surface area contributed by atoms with E-state index >= 15 is 0 Å². The van der Waals surface area contributed by atoms with Gasteiger partial charge in [0.15, 0.2) is 0 Å². The molecular weight excluding hydrogens is 329 g/mol. The Morgan fingerprint density at radius 2 is 1.89 bits per heavy atom. The van der Waals surface area contributed by atoms with Gasteiger partial charge in [-0.25, -0.2) is 4.39 Å². The molecule has 0 aliphatic heterocycles. The second-order valence-corrected chi connectivity index (χ2v) is 5.27. The molecule has 0 saturated heterocycles. The Bertz CT molecular complexity index is 601. The molecule has 0 atom stereocenters.